The van der Waals surface area contributed by atoms with E-state index in [9.17, 15) is 0 Å². The van der Waals surface area contributed by atoms with Crippen molar-refractivity contribution in [2.75, 3.05) is 0 Å². The third-order valence-corrected chi connectivity index (χ3v) is 3.99. The molecule has 0 radical (unpaired) electrons. The van der Waals surface area contributed by atoms with E-state index in [-0.39, 0.29) is 0 Å². The predicted molar refractivity (Wildman–Crippen MR) is 97.1 cm³/mol. The van der Waals surface area contributed by atoms with E-state index in [0.717, 1.165) is 28.2 Å². The van der Waals surface area contributed by atoms with Crippen molar-refractivity contribution in [2.24, 2.45) is 7.05 Å². The van der Waals surface area contributed by atoms with E-state index in [1.807, 2.05) is 72.6 Å². The lowest BCUT2D eigenvalue weighted by Gasteiger charge is -1.98. The van der Waals surface area contributed by atoms with Gasteiger partial charge in [-0.25, -0.2) is 9.50 Å². The molecular weight excluding hydrogens is 310 g/mol. The Bertz CT molecular complexity index is 1120. The molecule has 3 aromatic heterocycles. The Labute approximate surface area is 146 Å². The highest BCUT2D eigenvalue weighted by Crippen LogP contribution is 2.17. The fourth-order valence-corrected chi connectivity index (χ4v) is 2.81. The standard InChI is InChI=1S/C20H17N5/c1-14-11-15(2)25-20(12-14)22-18(23-25)9-10-19-21-17(13-24(19)3)16-7-5-4-6-8-16/h4-8,11-13H,1-3H3. The lowest BCUT2D eigenvalue weighted by molar-refractivity contribution is 0.892. The van der Waals surface area contributed by atoms with Gasteiger partial charge in [-0.1, -0.05) is 30.3 Å². The van der Waals surface area contributed by atoms with Crippen LogP contribution in [0.1, 0.15) is 22.9 Å². The maximum absolute atomic E-state index is 4.61. The summed E-state index contributed by atoms with van der Waals surface area (Å²) in [7, 11) is 1.94. The molecule has 0 aliphatic heterocycles. The molecule has 4 rings (SSSR count). The van der Waals surface area contributed by atoms with Crippen LogP contribution in [0.25, 0.3) is 16.9 Å². The zero-order valence-electron chi connectivity index (χ0n) is 14.4. The minimum atomic E-state index is 0.498. The normalized spacial score (nSPS) is 10.7. The zero-order chi connectivity index (χ0) is 17.4. The summed E-state index contributed by atoms with van der Waals surface area (Å²) in [5.41, 5.74) is 4.99. The molecule has 0 aliphatic rings. The van der Waals surface area contributed by atoms with Gasteiger partial charge >= 0.3 is 0 Å². The van der Waals surface area contributed by atoms with Crippen molar-refractivity contribution in [3.63, 3.8) is 0 Å². The van der Waals surface area contributed by atoms with Crippen molar-refractivity contribution in [1.29, 1.82) is 0 Å². The average Bonchev–Trinajstić information content (AvgIpc) is 3.17. The van der Waals surface area contributed by atoms with Gasteiger partial charge in [0.2, 0.25) is 5.82 Å². The predicted octanol–water partition coefficient (Wildman–Crippen LogP) is 3.15. The SMILES string of the molecule is Cc1cc(C)n2nc(C#Cc3nc(-c4ccccc4)cn3C)nc2c1. The number of aryl methyl sites for hydroxylation is 3. The number of rotatable bonds is 1. The first kappa shape index (κ1) is 15.2. The second kappa shape index (κ2) is 5.91. The van der Waals surface area contributed by atoms with Gasteiger partial charge in [0.05, 0.1) is 5.69 Å². The van der Waals surface area contributed by atoms with E-state index >= 15 is 0 Å². The van der Waals surface area contributed by atoms with Gasteiger partial charge in [0.15, 0.2) is 11.5 Å². The van der Waals surface area contributed by atoms with Gasteiger partial charge in [-0.15, -0.1) is 5.10 Å². The smallest absolute Gasteiger partial charge is 0.226 e. The molecule has 0 N–H and O–H groups in total. The first-order chi connectivity index (χ1) is 12.1. The van der Waals surface area contributed by atoms with Crippen LogP contribution in [-0.2, 0) is 7.05 Å². The quantitative estimate of drug-likeness (QED) is 0.505. The van der Waals surface area contributed by atoms with Gasteiger partial charge < -0.3 is 4.57 Å². The fourth-order valence-electron chi connectivity index (χ4n) is 2.81. The van der Waals surface area contributed by atoms with E-state index in [1.54, 1.807) is 0 Å². The summed E-state index contributed by atoms with van der Waals surface area (Å²) in [6.45, 7) is 4.06. The maximum atomic E-state index is 4.61. The van der Waals surface area contributed by atoms with E-state index in [4.69, 9.17) is 0 Å². The molecule has 122 valence electrons. The number of nitrogens with zero attached hydrogens (tertiary/aromatic N) is 5. The molecular formula is C20H17N5. The Kier molecular flexibility index (Phi) is 3.58. The van der Waals surface area contributed by atoms with Gasteiger partial charge in [0.25, 0.3) is 0 Å². The maximum Gasteiger partial charge on any atom is 0.226 e. The molecule has 5 nitrogen and oxygen atoms in total. The van der Waals surface area contributed by atoms with Crippen molar-refractivity contribution in [2.45, 2.75) is 13.8 Å². The summed E-state index contributed by atoms with van der Waals surface area (Å²) in [5, 5.41) is 4.46. The molecule has 0 aliphatic carbocycles. The van der Waals surface area contributed by atoms with Crippen molar-refractivity contribution in [3.05, 3.63) is 71.6 Å². The van der Waals surface area contributed by atoms with Crippen molar-refractivity contribution in [3.8, 4) is 23.1 Å². The second-order valence-electron chi connectivity index (χ2n) is 6.06. The molecule has 0 bridgehead atoms. The molecule has 0 spiro atoms. The van der Waals surface area contributed by atoms with Crippen LogP contribution >= 0.6 is 0 Å². The zero-order valence-corrected chi connectivity index (χ0v) is 14.4. The number of imidazole rings is 1. The van der Waals surface area contributed by atoms with Crippen LogP contribution in [0.4, 0.5) is 0 Å². The molecule has 5 heteroatoms. The molecule has 0 unspecified atom stereocenters. The van der Waals surface area contributed by atoms with Gasteiger partial charge in [0.1, 0.15) is 0 Å². The van der Waals surface area contributed by atoms with E-state index in [2.05, 4.69) is 33.0 Å². The van der Waals surface area contributed by atoms with Crippen LogP contribution < -0.4 is 0 Å². The van der Waals surface area contributed by atoms with Crippen LogP contribution in [0.5, 0.6) is 0 Å². The highest BCUT2D eigenvalue weighted by atomic mass is 15.3. The second-order valence-corrected chi connectivity index (χ2v) is 6.06. The lowest BCUT2D eigenvalue weighted by Crippen LogP contribution is -1.94. The largest absolute Gasteiger partial charge is 0.327 e. The summed E-state index contributed by atoms with van der Waals surface area (Å²) in [6, 6.07) is 14.1. The van der Waals surface area contributed by atoms with Gasteiger partial charge in [-0.05, 0) is 43.4 Å². The summed E-state index contributed by atoms with van der Waals surface area (Å²) >= 11 is 0. The summed E-state index contributed by atoms with van der Waals surface area (Å²) in [6.07, 6.45) is 1.98. The van der Waals surface area contributed by atoms with Crippen molar-refractivity contribution in [1.82, 2.24) is 24.1 Å². The Morgan fingerprint density at radius 2 is 1.76 bits per heavy atom. The van der Waals surface area contributed by atoms with Crippen LogP contribution in [0, 0.1) is 25.7 Å². The topological polar surface area (TPSA) is 48.0 Å². The Hall–Kier alpha value is -3.39. The molecule has 1 aromatic carbocycles. The number of fused-ring (bicyclic) bond motifs is 1. The highest BCUT2D eigenvalue weighted by molar-refractivity contribution is 5.59. The van der Waals surface area contributed by atoms with E-state index in [1.165, 1.54) is 0 Å². The number of aromatic nitrogens is 5. The summed E-state index contributed by atoms with van der Waals surface area (Å²) in [4.78, 5) is 9.09. The molecule has 25 heavy (non-hydrogen) atoms. The van der Waals surface area contributed by atoms with Crippen LogP contribution in [-0.4, -0.2) is 24.1 Å². The molecule has 0 fully saturated rings. The molecule has 4 aromatic rings. The Morgan fingerprint density at radius 3 is 2.56 bits per heavy atom. The van der Waals surface area contributed by atoms with Gasteiger partial charge in [-0.2, -0.15) is 4.98 Å². The van der Waals surface area contributed by atoms with Crippen LogP contribution in [0.3, 0.4) is 0 Å². The van der Waals surface area contributed by atoms with E-state index < -0.39 is 0 Å². The van der Waals surface area contributed by atoms with Gasteiger partial charge in [0, 0.05) is 24.5 Å². The summed E-state index contributed by atoms with van der Waals surface area (Å²) in [5.74, 6) is 7.29. The Morgan fingerprint density at radius 1 is 0.960 bits per heavy atom. The summed E-state index contributed by atoms with van der Waals surface area (Å²) < 4.78 is 3.73. The molecule has 3 heterocycles. The first-order valence-electron chi connectivity index (χ1n) is 8.05. The third kappa shape index (κ3) is 2.90. The minimum absolute atomic E-state index is 0.498. The average molecular weight is 327 g/mol. The van der Waals surface area contributed by atoms with Crippen LogP contribution in [0.2, 0.25) is 0 Å². The number of hydrogen-bond acceptors (Lipinski definition) is 3. The monoisotopic (exact) mass is 327 g/mol. The number of hydrogen-bond donors (Lipinski definition) is 0. The lowest BCUT2D eigenvalue weighted by atomic mass is 10.2. The fraction of sp³-hybridized carbons (Fsp3) is 0.150. The van der Waals surface area contributed by atoms with Gasteiger partial charge in [-0.3, -0.25) is 0 Å². The first-order valence-corrected chi connectivity index (χ1v) is 8.05. The minimum Gasteiger partial charge on any atom is -0.327 e. The molecule has 0 saturated heterocycles. The number of pyridine rings is 1. The molecule has 0 amide bonds. The molecule has 0 atom stereocenters. The Balaban J connectivity index is 1.70. The third-order valence-electron chi connectivity index (χ3n) is 3.99. The van der Waals surface area contributed by atoms with Crippen molar-refractivity contribution < 1.29 is 0 Å². The van der Waals surface area contributed by atoms with E-state index in [0.29, 0.717) is 11.6 Å². The van der Waals surface area contributed by atoms with Crippen LogP contribution in [0.15, 0.2) is 48.7 Å². The highest BCUT2D eigenvalue weighted by Gasteiger charge is 2.06. The molecule has 0 saturated carbocycles. The number of benzene rings is 1. The van der Waals surface area contributed by atoms with Crippen molar-refractivity contribution >= 4 is 5.65 Å².